The normalized spacial score (nSPS) is 17.5. The van der Waals surface area contributed by atoms with Gasteiger partial charge in [0.2, 0.25) is 0 Å². The fourth-order valence-corrected chi connectivity index (χ4v) is 4.99. The maximum atomic E-state index is 4.86. The first kappa shape index (κ1) is 14.0. The van der Waals surface area contributed by atoms with Gasteiger partial charge in [0, 0.05) is 22.8 Å². The topological polar surface area (TPSA) is 56.0 Å². The number of rotatable bonds is 1. The molecule has 24 heavy (non-hydrogen) atoms. The second-order valence-corrected chi connectivity index (χ2v) is 7.68. The summed E-state index contributed by atoms with van der Waals surface area (Å²) in [4.78, 5) is 16.3. The molecule has 4 aromatic heterocycles. The SMILES string of the molecule is Cc1nc2sc3c(c2c2nc(-c4ccncc4)nn12)CC[C@@H](C)C3. The molecule has 0 saturated heterocycles. The Hall–Kier alpha value is -2.34. The lowest BCUT2D eigenvalue weighted by atomic mass is 9.89. The van der Waals surface area contributed by atoms with Gasteiger partial charge in [0.15, 0.2) is 11.5 Å². The number of hydrogen-bond acceptors (Lipinski definition) is 5. The number of hydrogen-bond donors (Lipinski definition) is 0. The summed E-state index contributed by atoms with van der Waals surface area (Å²) in [6, 6.07) is 3.89. The van der Waals surface area contributed by atoms with Crippen molar-refractivity contribution in [3.05, 3.63) is 40.8 Å². The molecule has 1 atom stereocenters. The molecule has 0 fully saturated rings. The number of aromatic nitrogens is 5. The highest BCUT2D eigenvalue weighted by atomic mass is 32.1. The van der Waals surface area contributed by atoms with Crippen molar-refractivity contribution in [3.63, 3.8) is 0 Å². The maximum absolute atomic E-state index is 4.86. The molecule has 0 amide bonds. The predicted octanol–water partition coefficient (Wildman–Crippen LogP) is 3.83. The van der Waals surface area contributed by atoms with Crippen molar-refractivity contribution in [3.8, 4) is 11.4 Å². The van der Waals surface area contributed by atoms with Crippen molar-refractivity contribution >= 4 is 27.2 Å². The van der Waals surface area contributed by atoms with Crippen molar-refractivity contribution in [1.29, 1.82) is 0 Å². The molecule has 0 aromatic carbocycles. The minimum atomic E-state index is 0.735. The standard InChI is InChI=1S/C18H17N5S/c1-10-3-4-13-14(9-10)24-18-15(13)17-21-16(12-5-7-19-8-6-12)22-23(17)11(2)20-18/h5-8,10H,3-4,9H2,1-2H3/t10-/m1/s1. The van der Waals surface area contributed by atoms with Crippen LogP contribution in [0.1, 0.15) is 29.6 Å². The van der Waals surface area contributed by atoms with Gasteiger partial charge in [-0.2, -0.15) is 4.52 Å². The van der Waals surface area contributed by atoms with Crippen LogP contribution in [-0.4, -0.2) is 24.6 Å². The zero-order valence-corrected chi connectivity index (χ0v) is 14.5. The van der Waals surface area contributed by atoms with Gasteiger partial charge in [0.1, 0.15) is 10.7 Å². The Labute approximate surface area is 143 Å². The van der Waals surface area contributed by atoms with Crippen LogP contribution in [0, 0.1) is 12.8 Å². The minimum absolute atomic E-state index is 0.735. The summed E-state index contributed by atoms with van der Waals surface area (Å²) in [5.74, 6) is 2.38. The van der Waals surface area contributed by atoms with Crippen LogP contribution in [-0.2, 0) is 12.8 Å². The molecular weight excluding hydrogens is 318 g/mol. The number of fused-ring (bicyclic) bond motifs is 5. The van der Waals surface area contributed by atoms with Gasteiger partial charge in [-0.1, -0.05) is 6.92 Å². The molecule has 1 aliphatic carbocycles. The Balaban J connectivity index is 1.82. The van der Waals surface area contributed by atoms with Crippen LogP contribution in [0.15, 0.2) is 24.5 Å². The van der Waals surface area contributed by atoms with E-state index in [1.54, 1.807) is 12.4 Å². The lowest BCUT2D eigenvalue weighted by molar-refractivity contribution is 0.509. The fourth-order valence-electron chi connectivity index (χ4n) is 3.56. The Morgan fingerprint density at radius 1 is 1.21 bits per heavy atom. The van der Waals surface area contributed by atoms with Crippen molar-refractivity contribution in [2.24, 2.45) is 5.92 Å². The maximum Gasteiger partial charge on any atom is 0.182 e. The zero-order valence-electron chi connectivity index (χ0n) is 13.7. The summed E-state index contributed by atoms with van der Waals surface area (Å²) < 4.78 is 1.89. The smallest absolute Gasteiger partial charge is 0.182 e. The van der Waals surface area contributed by atoms with Gasteiger partial charge in [-0.15, -0.1) is 16.4 Å². The largest absolute Gasteiger partial charge is 0.265 e. The summed E-state index contributed by atoms with van der Waals surface area (Å²) in [6.07, 6.45) is 7.07. The van der Waals surface area contributed by atoms with Crippen molar-refractivity contribution in [2.45, 2.75) is 33.1 Å². The molecule has 0 N–H and O–H groups in total. The average Bonchev–Trinajstić information content (AvgIpc) is 3.16. The van der Waals surface area contributed by atoms with Crippen LogP contribution in [0.3, 0.4) is 0 Å². The van der Waals surface area contributed by atoms with E-state index in [0.717, 1.165) is 46.4 Å². The van der Waals surface area contributed by atoms with E-state index >= 15 is 0 Å². The second-order valence-electron chi connectivity index (χ2n) is 6.60. The Morgan fingerprint density at radius 2 is 2.04 bits per heavy atom. The molecule has 4 heterocycles. The minimum Gasteiger partial charge on any atom is -0.265 e. The number of thiophene rings is 1. The quantitative estimate of drug-likeness (QED) is 0.530. The van der Waals surface area contributed by atoms with Gasteiger partial charge in [0.05, 0.1) is 5.39 Å². The molecule has 120 valence electrons. The predicted molar refractivity (Wildman–Crippen MR) is 95.3 cm³/mol. The molecule has 6 heteroatoms. The van der Waals surface area contributed by atoms with Crippen molar-refractivity contribution in [2.75, 3.05) is 0 Å². The van der Waals surface area contributed by atoms with Crippen LogP contribution in [0.2, 0.25) is 0 Å². The van der Waals surface area contributed by atoms with E-state index in [1.165, 1.54) is 22.2 Å². The summed E-state index contributed by atoms with van der Waals surface area (Å²) in [5.41, 5.74) is 3.37. The van der Waals surface area contributed by atoms with E-state index in [2.05, 4.69) is 11.9 Å². The molecule has 5 nitrogen and oxygen atoms in total. The van der Waals surface area contributed by atoms with Crippen molar-refractivity contribution in [1.82, 2.24) is 24.6 Å². The lowest BCUT2D eigenvalue weighted by Crippen LogP contribution is -2.08. The van der Waals surface area contributed by atoms with Crippen LogP contribution < -0.4 is 0 Å². The molecule has 0 bridgehead atoms. The molecule has 4 aromatic rings. The van der Waals surface area contributed by atoms with Gasteiger partial charge in [-0.05, 0) is 49.8 Å². The zero-order chi connectivity index (χ0) is 16.3. The highest BCUT2D eigenvalue weighted by molar-refractivity contribution is 7.19. The van der Waals surface area contributed by atoms with Crippen LogP contribution in [0.4, 0.5) is 0 Å². The van der Waals surface area contributed by atoms with Gasteiger partial charge >= 0.3 is 0 Å². The van der Waals surface area contributed by atoms with Gasteiger partial charge in [-0.25, -0.2) is 9.97 Å². The van der Waals surface area contributed by atoms with E-state index in [4.69, 9.17) is 15.1 Å². The van der Waals surface area contributed by atoms with Gasteiger partial charge in [-0.3, -0.25) is 4.98 Å². The van der Waals surface area contributed by atoms with Gasteiger partial charge in [0.25, 0.3) is 0 Å². The van der Waals surface area contributed by atoms with E-state index < -0.39 is 0 Å². The third kappa shape index (κ3) is 1.99. The number of nitrogens with zero attached hydrogens (tertiary/aromatic N) is 5. The molecular formula is C18H17N5S. The van der Waals surface area contributed by atoms with E-state index in [9.17, 15) is 0 Å². The lowest BCUT2D eigenvalue weighted by Gasteiger charge is -2.17. The highest BCUT2D eigenvalue weighted by Crippen LogP contribution is 2.39. The summed E-state index contributed by atoms with van der Waals surface area (Å²) in [5, 5.41) is 5.90. The molecule has 1 aliphatic rings. The van der Waals surface area contributed by atoms with E-state index in [0.29, 0.717) is 0 Å². The highest BCUT2D eigenvalue weighted by Gasteiger charge is 2.24. The number of aryl methyl sites for hydroxylation is 2. The van der Waals surface area contributed by atoms with Crippen LogP contribution in [0.25, 0.3) is 27.3 Å². The monoisotopic (exact) mass is 335 g/mol. The van der Waals surface area contributed by atoms with E-state index in [1.807, 2.05) is 34.9 Å². The van der Waals surface area contributed by atoms with Crippen LogP contribution in [0.5, 0.6) is 0 Å². The van der Waals surface area contributed by atoms with Crippen molar-refractivity contribution < 1.29 is 0 Å². The van der Waals surface area contributed by atoms with Gasteiger partial charge < -0.3 is 0 Å². The first-order valence-corrected chi connectivity index (χ1v) is 9.10. The molecule has 0 spiro atoms. The summed E-state index contributed by atoms with van der Waals surface area (Å²) >= 11 is 1.84. The average molecular weight is 335 g/mol. The third-order valence-corrected chi connectivity index (χ3v) is 5.98. The summed E-state index contributed by atoms with van der Waals surface area (Å²) in [6.45, 7) is 4.33. The molecule has 5 rings (SSSR count). The third-order valence-electron chi connectivity index (χ3n) is 4.83. The van der Waals surface area contributed by atoms with Crippen LogP contribution >= 0.6 is 11.3 Å². The molecule has 0 saturated carbocycles. The molecule has 0 aliphatic heterocycles. The summed E-state index contributed by atoms with van der Waals surface area (Å²) in [7, 11) is 0. The number of pyridine rings is 1. The fraction of sp³-hybridized carbons (Fsp3) is 0.333. The molecule has 0 radical (unpaired) electrons. The Bertz CT molecular complexity index is 1060. The second kappa shape index (κ2) is 5.08. The Morgan fingerprint density at radius 3 is 2.88 bits per heavy atom. The first-order chi connectivity index (χ1) is 11.7. The van der Waals surface area contributed by atoms with E-state index in [-0.39, 0.29) is 0 Å². The Kier molecular flexibility index (Phi) is 2.97. The first-order valence-electron chi connectivity index (χ1n) is 8.28. The molecule has 0 unspecified atom stereocenters.